The van der Waals surface area contributed by atoms with Crippen molar-refractivity contribution in [2.24, 2.45) is 0 Å². The van der Waals surface area contributed by atoms with E-state index in [1.165, 1.54) is 53.2 Å². The van der Waals surface area contributed by atoms with Crippen LogP contribution in [0.4, 0.5) is 0 Å². The molecular formula is C44H27N3S. The summed E-state index contributed by atoms with van der Waals surface area (Å²) in [6.07, 6.45) is 0. The zero-order valence-electron chi connectivity index (χ0n) is 25.8. The molecule has 4 heteroatoms. The summed E-state index contributed by atoms with van der Waals surface area (Å²) < 4.78 is 4.86. The predicted octanol–water partition coefficient (Wildman–Crippen LogP) is 12.1. The summed E-state index contributed by atoms with van der Waals surface area (Å²) in [5, 5.41) is 6.03. The van der Waals surface area contributed by atoms with Crippen LogP contribution in [0.3, 0.4) is 0 Å². The largest absolute Gasteiger partial charge is 0.278 e. The highest BCUT2D eigenvalue weighted by Crippen LogP contribution is 2.42. The zero-order valence-corrected chi connectivity index (χ0v) is 26.7. The number of aromatic nitrogens is 3. The van der Waals surface area contributed by atoms with Gasteiger partial charge in [-0.15, -0.1) is 11.3 Å². The van der Waals surface area contributed by atoms with Crippen molar-refractivity contribution in [3.8, 4) is 39.5 Å². The molecule has 0 radical (unpaired) electrons. The SMILES string of the molecule is c1ccc(-c2ccc(-c3nc(-n4c5ccccc5c5cc(-c6cccc7c6sc6ccccc67)ccc54)nc4ccccc34)cc2)cc1. The molecule has 0 bridgehead atoms. The normalized spacial score (nSPS) is 11.8. The van der Waals surface area contributed by atoms with E-state index in [-0.39, 0.29) is 0 Å². The van der Waals surface area contributed by atoms with E-state index in [4.69, 9.17) is 9.97 Å². The van der Waals surface area contributed by atoms with Gasteiger partial charge in [0.2, 0.25) is 5.95 Å². The van der Waals surface area contributed by atoms with Crippen LogP contribution >= 0.6 is 11.3 Å². The van der Waals surface area contributed by atoms with Gasteiger partial charge < -0.3 is 0 Å². The summed E-state index contributed by atoms with van der Waals surface area (Å²) in [5.41, 5.74) is 9.94. The number of nitrogens with zero attached hydrogens (tertiary/aromatic N) is 3. The van der Waals surface area contributed by atoms with Gasteiger partial charge in [0.15, 0.2) is 0 Å². The van der Waals surface area contributed by atoms with E-state index in [2.05, 4.69) is 156 Å². The Morgan fingerprint density at radius 2 is 1.06 bits per heavy atom. The van der Waals surface area contributed by atoms with E-state index in [0.29, 0.717) is 5.95 Å². The van der Waals surface area contributed by atoms with Crippen LogP contribution < -0.4 is 0 Å². The lowest BCUT2D eigenvalue weighted by atomic mass is 10.0. The second kappa shape index (κ2) is 10.7. The van der Waals surface area contributed by atoms with Crippen LogP contribution in [0.2, 0.25) is 0 Å². The average Bonchev–Trinajstić information content (AvgIpc) is 3.70. The smallest absolute Gasteiger partial charge is 0.235 e. The maximum atomic E-state index is 5.32. The van der Waals surface area contributed by atoms with Gasteiger partial charge in [0, 0.05) is 41.9 Å². The molecule has 0 saturated carbocycles. The molecule has 10 aromatic rings. The van der Waals surface area contributed by atoms with Gasteiger partial charge in [-0.2, -0.15) is 0 Å². The average molecular weight is 630 g/mol. The van der Waals surface area contributed by atoms with Crippen molar-refractivity contribution in [3.63, 3.8) is 0 Å². The fourth-order valence-electron chi connectivity index (χ4n) is 7.17. The van der Waals surface area contributed by atoms with Crippen LogP contribution in [0.15, 0.2) is 164 Å². The van der Waals surface area contributed by atoms with E-state index in [1.807, 2.05) is 23.5 Å². The van der Waals surface area contributed by atoms with Crippen LogP contribution in [0.5, 0.6) is 0 Å². The lowest BCUT2D eigenvalue weighted by molar-refractivity contribution is 1.01. The molecule has 3 nitrogen and oxygen atoms in total. The molecule has 48 heavy (non-hydrogen) atoms. The van der Waals surface area contributed by atoms with Crippen LogP contribution in [0, 0.1) is 0 Å². The Kier molecular flexibility index (Phi) is 6.05. The van der Waals surface area contributed by atoms with Crippen molar-refractivity contribution in [1.29, 1.82) is 0 Å². The Balaban J connectivity index is 1.17. The molecular weight excluding hydrogens is 603 g/mol. The zero-order chi connectivity index (χ0) is 31.6. The Morgan fingerprint density at radius 1 is 0.417 bits per heavy atom. The molecule has 0 aliphatic carbocycles. The van der Waals surface area contributed by atoms with Crippen molar-refractivity contribution in [1.82, 2.24) is 14.5 Å². The number of hydrogen-bond donors (Lipinski definition) is 0. The molecule has 10 rings (SSSR count). The second-order valence-corrected chi connectivity index (χ2v) is 13.2. The first-order chi connectivity index (χ1) is 23.8. The first-order valence-electron chi connectivity index (χ1n) is 16.2. The molecule has 0 saturated heterocycles. The van der Waals surface area contributed by atoms with E-state index in [0.717, 1.165) is 33.2 Å². The minimum atomic E-state index is 0.668. The Hall–Kier alpha value is -6.10. The summed E-state index contributed by atoms with van der Waals surface area (Å²) in [5.74, 6) is 0.668. The third kappa shape index (κ3) is 4.20. The second-order valence-electron chi connectivity index (χ2n) is 12.2. The fraction of sp³-hybridized carbons (Fsp3) is 0. The lowest BCUT2D eigenvalue weighted by Crippen LogP contribution is -2.03. The molecule has 0 spiro atoms. The van der Waals surface area contributed by atoms with Gasteiger partial charge in [-0.3, -0.25) is 4.57 Å². The molecule has 0 atom stereocenters. The van der Waals surface area contributed by atoms with Gasteiger partial charge in [0.25, 0.3) is 0 Å². The topological polar surface area (TPSA) is 30.7 Å². The molecule has 224 valence electrons. The highest BCUT2D eigenvalue weighted by atomic mass is 32.1. The lowest BCUT2D eigenvalue weighted by Gasteiger charge is -2.12. The molecule has 3 aromatic heterocycles. The minimum Gasteiger partial charge on any atom is -0.278 e. The third-order valence-corrected chi connectivity index (χ3v) is 10.7. The summed E-state index contributed by atoms with van der Waals surface area (Å²) >= 11 is 1.87. The molecule has 0 fully saturated rings. The number of fused-ring (bicyclic) bond motifs is 7. The molecule has 3 heterocycles. The summed E-state index contributed by atoms with van der Waals surface area (Å²) in [7, 11) is 0. The standard InChI is InChI=1S/C44H27N3S/c1-2-11-28(12-3-1)29-21-23-30(24-22-29)42-36-15-4-7-18-38(36)45-44(46-42)47-39-19-8-5-13-33(39)37-27-31(25-26-40(37)47)32-16-10-17-35-34-14-6-9-20-41(34)48-43(32)35/h1-27H. The van der Waals surface area contributed by atoms with Gasteiger partial charge in [0.1, 0.15) is 0 Å². The van der Waals surface area contributed by atoms with Crippen LogP contribution in [0.1, 0.15) is 0 Å². The van der Waals surface area contributed by atoms with Crippen molar-refractivity contribution >= 4 is 64.2 Å². The van der Waals surface area contributed by atoms with E-state index in [9.17, 15) is 0 Å². The third-order valence-electron chi connectivity index (χ3n) is 9.44. The Morgan fingerprint density at radius 3 is 1.94 bits per heavy atom. The van der Waals surface area contributed by atoms with Crippen molar-refractivity contribution in [2.75, 3.05) is 0 Å². The first kappa shape index (κ1) is 27.1. The number of rotatable bonds is 4. The molecule has 0 aliphatic rings. The molecule has 0 N–H and O–H groups in total. The highest BCUT2D eigenvalue weighted by molar-refractivity contribution is 7.26. The fourth-order valence-corrected chi connectivity index (χ4v) is 8.40. The summed E-state index contributed by atoms with van der Waals surface area (Å²) in [6.45, 7) is 0. The Bertz CT molecular complexity index is 2830. The van der Waals surface area contributed by atoms with Gasteiger partial charge in [-0.25, -0.2) is 9.97 Å². The van der Waals surface area contributed by atoms with E-state index >= 15 is 0 Å². The molecule has 0 amide bonds. The first-order valence-corrected chi connectivity index (χ1v) is 17.0. The number of para-hydroxylation sites is 2. The number of thiophene rings is 1. The predicted molar refractivity (Wildman–Crippen MR) is 203 cm³/mol. The van der Waals surface area contributed by atoms with Crippen LogP contribution in [0.25, 0.3) is 92.3 Å². The van der Waals surface area contributed by atoms with Crippen LogP contribution in [-0.2, 0) is 0 Å². The Labute approximate surface area is 281 Å². The van der Waals surface area contributed by atoms with Crippen molar-refractivity contribution in [2.45, 2.75) is 0 Å². The maximum absolute atomic E-state index is 5.32. The van der Waals surface area contributed by atoms with Crippen LogP contribution in [-0.4, -0.2) is 14.5 Å². The van der Waals surface area contributed by atoms with E-state index < -0.39 is 0 Å². The monoisotopic (exact) mass is 629 g/mol. The van der Waals surface area contributed by atoms with Crippen molar-refractivity contribution < 1.29 is 0 Å². The van der Waals surface area contributed by atoms with Gasteiger partial charge >= 0.3 is 0 Å². The molecule has 0 unspecified atom stereocenters. The molecule has 7 aromatic carbocycles. The summed E-state index contributed by atoms with van der Waals surface area (Å²) in [6, 6.07) is 58.3. The summed E-state index contributed by atoms with van der Waals surface area (Å²) in [4.78, 5) is 10.5. The maximum Gasteiger partial charge on any atom is 0.235 e. The van der Waals surface area contributed by atoms with Gasteiger partial charge in [0.05, 0.1) is 22.2 Å². The number of hydrogen-bond acceptors (Lipinski definition) is 3. The molecule has 0 aliphatic heterocycles. The van der Waals surface area contributed by atoms with Crippen molar-refractivity contribution in [3.05, 3.63) is 164 Å². The quantitative estimate of drug-likeness (QED) is 0.194. The number of benzene rings is 7. The van der Waals surface area contributed by atoms with E-state index in [1.54, 1.807) is 0 Å². The van der Waals surface area contributed by atoms with Gasteiger partial charge in [-0.05, 0) is 52.6 Å². The van der Waals surface area contributed by atoms with Gasteiger partial charge in [-0.1, -0.05) is 133 Å². The highest BCUT2D eigenvalue weighted by Gasteiger charge is 2.19. The minimum absolute atomic E-state index is 0.668.